The molecule has 2 aromatic rings. The third kappa shape index (κ3) is 2.30. The Kier molecular flexibility index (Phi) is 2.66. The van der Waals surface area contributed by atoms with Crippen LogP contribution >= 0.6 is 0 Å². The first kappa shape index (κ1) is 11.1. The summed E-state index contributed by atoms with van der Waals surface area (Å²) in [6, 6.07) is 6.28. The minimum Gasteiger partial charge on any atom is -0.490 e. The summed E-state index contributed by atoms with van der Waals surface area (Å²) in [5.74, 6) is 0.690. The van der Waals surface area contributed by atoms with Crippen molar-refractivity contribution in [3.8, 4) is 17.0 Å². The first-order chi connectivity index (χ1) is 8.72. The summed E-state index contributed by atoms with van der Waals surface area (Å²) in [6.07, 6.45) is 2.36. The number of nitrogen functional groups attached to an aromatic ring is 1. The number of aromatic nitrogens is 1. The Morgan fingerprint density at radius 2 is 2.22 bits per heavy atom. The highest BCUT2D eigenvalue weighted by Gasteiger charge is 2.22. The highest BCUT2D eigenvalue weighted by molar-refractivity contribution is 5.62. The standard InChI is InChI=1S/C13H13FN2O2/c14-10-5-9(11-6-13(15)18-16-11)3-4-12(10)17-7-8-1-2-8/h3-6,8H,1-2,7,15H2. The third-order valence-corrected chi connectivity index (χ3v) is 2.93. The Morgan fingerprint density at radius 1 is 1.39 bits per heavy atom. The first-order valence-corrected chi connectivity index (χ1v) is 5.87. The van der Waals surface area contributed by atoms with E-state index in [4.69, 9.17) is 15.0 Å². The van der Waals surface area contributed by atoms with Crippen LogP contribution in [0.2, 0.25) is 0 Å². The normalized spacial score (nSPS) is 14.7. The maximum atomic E-state index is 13.8. The van der Waals surface area contributed by atoms with E-state index < -0.39 is 5.82 Å². The van der Waals surface area contributed by atoms with Crippen LogP contribution < -0.4 is 10.5 Å². The van der Waals surface area contributed by atoms with Gasteiger partial charge in [-0.1, -0.05) is 5.16 Å². The van der Waals surface area contributed by atoms with Crippen molar-refractivity contribution in [3.63, 3.8) is 0 Å². The highest BCUT2D eigenvalue weighted by atomic mass is 19.1. The zero-order valence-electron chi connectivity index (χ0n) is 9.73. The van der Waals surface area contributed by atoms with E-state index in [1.807, 2.05) is 0 Å². The number of rotatable bonds is 4. The van der Waals surface area contributed by atoms with Gasteiger partial charge in [-0.2, -0.15) is 0 Å². The predicted molar refractivity (Wildman–Crippen MR) is 64.5 cm³/mol. The maximum absolute atomic E-state index is 13.8. The molecular weight excluding hydrogens is 235 g/mol. The van der Waals surface area contributed by atoms with E-state index in [-0.39, 0.29) is 11.6 Å². The van der Waals surface area contributed by atoms with Crippen molar-refractivity contribution in [2.75, 3.05) is 12.3 Å². The second-order valence-electron chi connectivity index (χ2n) is 4.51. The SMILES string of the molecule is Nc1cc(-c2ccc(OCC3CC3)c(F)c2)no1. The summed E-state index contributed by atoms with van der Waals surface area (Å²) >= 11 is 0. The molecule has 5 heteroatoms. The van der Waals surface area contributed by atoms with E-state index in [0.29, 0.717) is 23.8 Å². The van der Waals surface area contributed by atoms with Gasteiger partial charge in [-0.15, -0.1) is 0 Å². The lowest BCUT2D eigenvalue weighted by Crippen LogP contribution is -2.00. The quantitative estimate of drug-likeness (QED) is 0.903. The monoisotopic (exact) mass is 248 g/mol. The molecule has 0 unspecified atom stereocenters. The van der Waals surface area contributed by atoms with Crippen molar-refractivity contribution in [1.29, 1.82) is 0 Å². The van der Waals surface area contributed by atoms with Crippen LogP contribution in [-0.2, 0) is 0 Å². The van der Waals surface area contributed by atoms with Gasteiger partial charge in [0.15, 0.2) is 11.6 Å². The second-order valence-corrected chi connectivity index (χ2v) is 4.51. The van der Waals surface area contributed by atoms with Crippen molar-refractivity contribution in [1.82, 2.24) is 5.16 Å². The van der Waals surface area contributed by atoms with Gasteiger partial charge in [0.05, 0.1) is 6.61 Å². The number of halogens is 1. The summed E-state index contributed by atoms with van der Waals surface area (Å²) in [5.41, 5.74) is 6.56. The van der Waals surface area contributed by atoms with Gasteiger partial charge in [0.1, 0.15) is 5.69 Å². The molecule has 0 amide bonds. The molecule has 1 fully saturated rings. The van der Waals surface area contributed by atoms with Gasteiger partial charge in [0.25, 0.3) is 0 Å². The first-order valence-electron chi connectivity index (χ1n) is 5.87. The fourth-order valence-electron chi connectivity index (χ4n) is 1.69. The van der Waals surface area contributed by atoms with Crippen LogP contribution in [0, 0.1) is 11.7 Å². The molecule has 1 saturated carbocycles. The largest absolute Gasteiger partial charge is 0.490 e. The van der Waals surface area contributed by atoms with Crippen LogP contribution in [0.25, 0.3) is 11.3 Å². The van der Waals surface area contributed by atoms with Crippen LogP contribution in [-0.4, -0.2) is 11.8 Å². The number of nitrogens with two attached hydrogens (primary N) is 1. The smallest absolute Gasteiger partial charge is 0.222 e. The van der Waals surface area contributed by atoms with Gasteiger partial charge in [-0.25, -0.2) is 4.39 Å². The molecule has 0 saturated heterocycles. The molecule has 1 aromatic carbocycles. The van der Waals surface area contributed by atoms with Crippen LogP contribution in [0.5, 0.6) is 5.75 Å². The van der Waals surface area contributed by atoms with Gasteiger partial charge < -0.3 is 15.0 Å². The van der Waals surface area contributed by atoms with Crippen LogP contribution in [0.3, 0.4) is 0 Å². The van der Waals surface area contributed by atoms with Crippen molar-refractivity contribution in [3.05, 3.63) is 30.1 Å². The Hall–Kier alpha value is -2.04. The van der Waals surface area contributed by atoms with Gasteiger partial charge in [-0.3, -0.25) is 0 Å². The van der Waals surface area contributed by atoms with Gasteiger partial charge >= 0.3 is 0 Å². The van der Waals surface area contributed by atoms with Crippen LogP contribution in [0.15, 0.2) is 28.8 Å². The summed E-state index contributed by atoms with van der Waals surface area (Å²) < 4.78 is 24.0. The van der Waals surface area contributed by atoms with Gasteiger partial charge in [0.2, 0.25) is 5.88 Å². The fraction of sp³-hybridized carbons (Fsp3) is 0.308. The Balaban J connectivity index is 1.79. The molecule has 4 nitrogen and oxygen atoms in total. The van der Waals surface area contributed by atoms with E-state index >= 15 is 0 Å². The van der Waals surface area contributed by atoms with Crippen molar-refractivity contribution < 1.29 is 13.7 Å². The minimum absolute atomic E-state index is 0.208. The number of hydrogen-bond donors (Lipinski definition) is 1. The lowest BCUT2D eigenvalue weighted by atomic mass is 10.1. The zero-order valence-corrected chi connectivity index (χ0v) is 9.73. The Morgan fingerprint density at radius 3 is 2.83 bits per heavy atom. The van der Waals surface area contributed by atoms with E-state index in [9.17, 15) is 4.39 Å². The number of nitrogens with zero attached hydrogens (tertiary/aromatic N) is 1. The minimum atomic E-state index is -0.394. The van der Waals surface area contributed by atoms with E-state index in [2.05, 4.69) is 5.16 Å². The number of hydrogen-bond acceptors (Lipinski definition) is 4. The molecule has 0 aliphatic heterocycles. The highest BCUT2D eigenvalue weighted by Crippen LogP contribution is 2.31. The van der Waals surface area contributed by atoms with E-state index in [1.165, 1.54) is 18.9 Å². The maximum Gasteiger partial charge on any atom is 0.222 e. The van der Waals surface area contributed by atoms with E-state index in [0.717, 1.165) is 0 Å². The molecule has 3 rings (SSSR count). The average molecular weight is 248 g/mol. The molecule has 1 aliphatic rings. The van der Waals surface area contributed by atoms with Crippen molar-refractivity contribution >= 4 is 5.88 Å². The number of ether oxygens (including phenoxy) is 1. The summed E-state index contributed by atoms with van der Waals surface area (Å²) in [6.45, 7) is 0.590. The Bertz CT molecular complexity index is 564. The van der Waals surface area contributed by atoms with E-state index in [1.54, 1.807) is 18.2 Å². The fourth-order valence-corrected chi connectivity index (χ4v) is 1.69. The molecule has 1 aromatic heterocycles. The van der Waals surface area contributed by atoms with Crippen molar-refractivity contribution in [2.24, 2.45) is 5.92 Å². The third-order valence-electron chi connectivity index (χ3n) is 2.93. The molecule has 2 N–H and O–H groups in total. The molecule has 0 atom stereocenters. The lowest BCUT2D eigenvalue weighted by Gasteiger charge is -2.06. The predicted octanol–water partition coefficient (Wildman–Crippen LogP) is 2.85. The van der Waals surface area contributed by atoms with Crippen LogP contribution in [0.1, 0.15) is 12.8 Å². The Labute approximate surface area is 104 Å². The molecule has 0 radical (unpaired) electrons. The molecule has 1 aliphatic carbocycles. The average Bonchev–Trinajstić information content (AvgIpc) is 3.08. The second kappa shape index (κ2) is 4.33. The zero-order chi connectivity index (χ0) is 12.5. The number of benzene rings is 1. The topological polar surface area (TPSA) is 61.3 Å². The molecule has 0 bridgehead atoms. The van der Waals surface area contributed by atoms with Gasteiger partial charge in [0, 0.05) is 11.6 Å². The molecule has 94 valence electrons. The van der Waals surface area contributed by atoms with Gasteiger partial charge in [-0.05, 0) is 37.0 Å². The van der Waals surface area contributed by atoms with Crippen molar-refractivity contribution in [2.45, 2.75) is 12.8 Å². The molecular formula is C13H13FN2O2. The molecule has 1 heterocycles. The lowest BCUT2D eigenvalue weighted by molar-refractivity contribution is 0.285. The summed E-state index contributed by atoms with van der Waals surface area (Å²) in [4.78, 5) is 0. The molecule has 0 spiro atoms. The molecule has 18 heavy (non-hydrogen) atoms. The van der Waals surface area contributed by atoms with Crippen LogP contribution in [0.4, 0.5) is 10.3 Å². The number of anilines is 1. The summed E-state index contributed by atoms with van der Waals surface area (Å²) in [7, 11) is 0. The summed E-state index contributed by atoms with van der Waals surface area (Å²) in [5, 5.41) is 3.73.